The summed E-state index contributed by atoms with van der Waals surface area (Å²) in [6.45, 7) is 3.52. The molecule has 0 spiro atoms. The van der Waals surface area contributed by atoms with Gasteiger partial charge in [0.15, 0.2) is 23.9 Å². The summed E-state index contributed by atoms with van der Waals surface area (Å²) in [5, 5.41) is 20.1. The van der Waals surface area contributed by atoms with Gasteiger partial charge in [0.1, 0.15) is 0 Å². The molecule has 2 N–H and O–H groups in total. The fourth-order valence-corrected chi connectivity index (χ4v) is 3.57. The number of phenolic OH excluding ortho intramolecular Hbond substituents is 2. The van der Waals surface area contributed by atoms with Crippen LogP contribution in [0.4, 0.5) is 0 Å². The van der Waals surface area contributed by atoms with Gasteiger partial charge in [-0.2, -0.15) is 0 Å². The van der Waals surface area contributed by atoms with Crippen molar-refractivity contribution in [1.29, 1.82) is 0 Å². The Hall–Kier alpha value is -2.76. The van der Waals surface area contributed by atoms with Crippen LogP contribution >= 0.6 is 0 Å². The minimum Gasteiger partial charge on any atom is -0.504 e. The molecule has 2 aliphatic carbocycles. The van der Waals surface area contributed by atoms with Gasteiger partial charge in [0, 0.05) is 23.0 Å². The number of ketones is 1. The number of hydrogen-bond acceptors (Lipinski definition) is 6. The Morgan fingerprint density at radius 1 is 1.27 bits per heavy atom. The highest BCUT2D eigenvalue weighted by atomic mass is 16.6. The molecule has 2 aliphatic rings. The van der Waals surface area contributed by atoms with E-state index in [1.165, 1.54) is 6.07 Å². The molecule has 0 aromatic heterocycles. The van der Waals surface area contributed by atoms with Gasteiger partial charge in [-0.05, 0) is 25.8 Å². The molecule has 6 heteroatoms. The Labute approximate surface area is 151 Å². The summed E-state index contributed by atoms with van der Waals surface area (Å²) >= 11 is 0. The second-order valence-corrected chi connectivity index (χ2v) is 6.77. The van der Waals surface area contributed by atoms with E-state index in [1.54, 1.807) is 13.0 Å². The summed E-state index contributed by atoms with van der Waals surface area (Å²) in [5.74, 6) is -1.09. The lowest BCUT2D eigenvalue weighted by Gasteiger charge is -2.32. The van der Waals surface area contributed by atoms with E-state index in [9.17, 15) is 19.8 Å². The summed E-state index contributed by atoms with van der Waals surface area (Å²) < 4.78 is 10.4. The second-order valence-electron chi connectivity index (χ2n) is 6.77. The van der Waals surface area contributed by atoms with Crippen LogP contribution in [0.25, 0.3) is 0 Å². The minimum absolute atomic E-state index is 0.0542. The third kappa shape index (κ3) is 3.19. The van der Waals surface area contributed by atoms with Crippen molar-refractivity contribution in [3.05, 3.63) is 41.0 Å². The Morgan fingerprint density at radius 3 is 2.77 bits per heavy atom. The monoisotopic (exact) mass is 358 g/mol. The van der Waals surface area contributed by atoms with Crippen molar-refractivity contribution in [3.63, 3.8) is 0 Å². The average Bonchev–Trinajstić information content (AvgIpc) is 2.96. The van der Waals surface area contributed by atoms with Crippen LogP contribution in [0.1, 0.15) is 38.7 Å². The van der Waals surface area contributed by atoms with Crippen molar-refractivity contribution in [2.24, 2.45) is 0 Å². The van der Waals surface area contributed by atoms with E-state index in [4.69, 9.17) is 9.47 Å². The fraction of sp³-hybridized carbons (Fsp3) is 0.400. The van der Waals surface area contributed by atoms with Crippen molar-refractivity contribution in [3.8, 4) is 17.2 Å². The zero-order chi connectivity index (χ0) is 18.9. The first-order valence-electron chi connectivity index (χ1n) is 8.64. The molecule has 1 aromatic rings. The number of esters is 1. The number of allylic oxidation sites excluding steroid dienone is 4. The van der Waals surface area contributed by atoms with Crippen LogP contribution in [0.2, 0.25) is 0 Å². The average molecular weight is 358 g/mol. The van der Waals surface area contributed by atoms with Gasteiger partial charge in [0.25, 0.3) is 0 Å². The fourth-order valence-electron chi connectivity index (χ4n) is 3.57. The summed E-state index contributed by atoms with van der Waals surface area (Å²) in [6, 6.07) is 3.06. The lowest BCUT2D eigenvalue weighted by molar-refractivity contribution is -0.145. The van der Waals surface area contributed by atoms with Crippen molar-refractivity contribution in [2.75, 3.05) is 13.2 Å². The van der Waals surface area contributed by atoms with Crippen molar-refractivity contribution in [1.82, 2.24) is 0 Å². The van der Waals surface area contributed by atoms with Crippen molar-refractivity contribution < 1.29 is 29.3 Å². The number of carbonyl (C=O) groups is 2. The summed E-state index contributed by atoms with van der Waals surface area (Å²) in [5.41, 5.74) is 1.97. The Morgan fingerprint density at radius 2 is 2.04 bits per heavy atom. The first-order valence-corrected chi connectivity index (χ1v) is 8.64. The number of rotatable bonds is 5. The molecule has 1 aromatic carbocycles. The van der Waals surface area contributed by atoms with Gasteiger partial charge in [-0.3, -0.25) is 4.79 Å². The molecule has 3 rings (SSSR count). The molecule has 0 amide bonds. The van der Waals surface area contributed by atoms with E-state index < -0.39 is 17.1 Å². The van der Waals surface area contributed by atoms with Gasteiger partial charge >= 0.3 is 5.97 Å². The lowest BCUT2D eigenvalue weighted by Crippen LogP contribution is -2.24. The van der Waals surface area contributed by atoms with Gasteiger partial charge in [0.05, 0.1) is 6.61 Å². The third-order valence-electron chi connectivity index (χ3n) is 4.90. The first-order chi connectivity index (χ1) is 12.4. The van der Waals surface area contributed by atoms with E-state index in [-0.39, 0.29) is 30.5 Å². The summed E-state index contributed by atoms with van der Waals surface area (Å²) in [7, 11) is 0. The Kier molecular flexibility index (Phi) is 4.76. The number of benzene rings is 1. The first kappa shape index (κ1) is 18.0. The highest BCUT2D eigenvalue weighted by molar-refractivity contribution is 6.01. The third-order valence-corrected chi connectivity index (χ3v) is 4.90. The lowest BCUT2D eigenvalue weighted by atomic mass is 9.73. The van der Waals surface area contributed by atoms with Gasteiger partial charge < -0.3 is 19.7 Å². The number of ether oxygens (including phenoxy) is 2. The maximum absolute atomic E-state index is 11.9. The largest absolute Gasteiger partial charge is 0.504 e. The van der Waals surface area contributed by atoms with Gasteiger partial charge in [-0.25, -0.2) is 4.79 Å². The molecule has 0 bridgehead atoms. The second kappa shape index (κ2) is 6.86. The van der Waals surface area contributed by atoms with E-state index in [1.807, 2.05) is 19.1 Å². The molecule has 0 aliphatic heterocycles. The molecule has 0 saturated heterocycles. The molecule has 0 heterocycles. The van der Waals surface area contributed by atoms with Crippen molar-refractivity contribution >= 4 is 11.8 Å². The topological polar surface area (TPSA) is 93.1 Å². The zero-order valence-electron chi connectivity index (χ0n) is 14.9. The van der Waals surface area contributed by atoms with Crippen LogP contribution in [0.3, 0.4) is 0 Å². The molecule has 6 nitrogen and oxygen atoms in total. The van der Waals surface area contributed by atoms with Gasteiger partial charge in [-0.1, -0.05) is 30.7 Å². The quantitative estimate of drug-likeness (QED) is 0.621. The maximum atomic E-state index is 11.9. The van der Waals surface area contributed by atoms with Gasteiger partial charge in [0.2, 0.25) is 5.75 Å². The molecule has 1 atom stereocenters. The molecule has 138 valence electrons. The Balaban J connectivity index is 1.94. The van der Waals surface area contributed by atoms with Crippen LogP contribution in [0.15, 0.2) is 35.4 Å². The number of aromatic hydroxyl groups is 2. The Bertz CT molecular complexity index is 820. The van der Waals surface area contributed by atoms with Crippen molar-refractivity contribution in [2.45, 2.75) is 38.5 Å². The van der Waals surface area contributed by atoms with Gasteiger partial charge in [-0.15, -0.1) is 0 Å². The summed E-state index contributed by atoms with van der Waals surface area (Å²) in [6.07, 6.45) is 5.62. The smallest absolute Gasteiger partial charge is 0.344 e. The van der Waals surface area contributed by atoms with Crippen LogP contribution in [0.5, 0.6) is 17.2 Å². The summed E-state index contributed by atoms with van der Waals surface area (Å²) in [4.78, 5) is 23.5. The number of phenols is 2. The SMILES string of the molecule is CCOC(=O)COc1c(C2(C)C=CC3=C(CCC3=O)C2)ccc(O)c1O. The molecular formula is C20H22O6. The molecule has 0 fully saturated rings. The highest BCUT2D eigenvalue weighted by Gasteiger charge is 2.36. The number of hydrogen-bond donors (Lipinski definition) is 2. The van der Waals surface area contributed by atoms with Crippen LogP contribution in [0, 0.1) is 0 Å². The molecule has 26 heavy (non-hydrogen) atoms. The minimum atomic E-state index is -0.558. The van der Waals surface area contributed by atoms with Crippen LogP contribution < -0.4 is 4.74 Å². The van der Waals surface area contributed by atoms with E-state index in [0.717, 1.165) is 17.6 Å². The predicted octanol–water partition coefficient (Wildman–Crippen LogP) is 2.92. The molecule has 0 saturated carbocycles. The molecule has 0 radical (unpaired) electrons. The zero-order valence-corrected chi connectivity index (χ0v) is 14.9. The highest BCUT2D eigenvalue weighted by Crippen LogP contribution is 2.49. The van der Waals surface area contributed by atoms with E-state index in [0.29, 0.717) is 18.4 Å². The normalized spacial score (nSPS) is 21.7. The van der Waals surface area contributed by atoms with Crippen LogP contribution in [-0.2, 0) is 19.7 Å². The van der Waals surface area contributed by atoms with E-state index >= 15 is 0 Å². The van der Waals surface area contributed by atoms with E-state index in [2.05, 4.69) is 0 Å². The predicted molar refractivity (Wildman–Crippen MR) is 94.3 cm³/mol. The van der Waals surface area contributed by atoms with Crippen LogP contribution in [-0.4, -0.2) is 35.2 Å². The molecular weight excluding hydrogens is 336 g/mol. The number of Topliss-reactive ketones (excluding diaryl/α,β-unsaturated/α-hetero) is 1. The number of carbonyl (C=O) groups excluding carboxylic acids is 2. The maximum Gasteiger partial charge on any atom is 0.344 e. The standard InChI is InChI=1S/C20H22O6/c1-3-25-17(23)11-26-19-14(5-7-16(22)18(19)24)20(2)9-8-13-12(10-20)4-6-15(13)21/h5,7-9,22,24H,3-4,6,10-11H2,1-2H3. The molecule has 1 unspecified atom stereocenters.